The van der Waals surface area contributed by atoms with Gasteiger partial charge < -0.3 is 9.47 Å². The summed E-state index contributed by atoms with van der Waals surface area (Å²) in [4.78, 5) is 2.46. The molecule has 0 unspecified atom stereocenters. The standard InChI is InChI=1S/C13H29N3O2/c1-4-7-16-8-10-18-13(11-16)12-17-9-5-6-14-15(2)3/h13-14H,4-12H2,1-3H3/t13-/m1/s1. The molecule has 0 bridgehead atoms. The average Bonchev–Trinajstić information content (AvgIpc) is 2.34. The highest BCUT2D eigenvalue weighted by atomic mass is 16.5. The molecule has 1 fully saturated rings. The molecule has 0 amide bonds. The Balaban J connectivity index is 1.98. The Morgan fingerprint density at radius 3 is 3.00 bits per heavy atom. The molecule has 0 radical (unpaired) electrons. The highest BCUT2D eigenvalue weighted by Crippen LogP contribution is 2.06. The number of morpholine rings is 1. The van der Waals surface area contributed by atoms with E-state index in [0.29, 0.717) is 0 Å². The molecule has 18 heavy (non-hydrogen) atoms. The molecule has 0 spiro atoms. The van der Waals surface area contributed by atoms with E-state index in [1.165, 1.54) is 13.0 Å². The van der Waals surface area contributed by atoms with Crippen molar-refractivity contribution in [1.82, 2.24) is 15.3 Å². The number of hydrogen-bond acceptors (Lipinski definition) is 5. The van der Waals surface area contributed by atoms with Crippen LogP contribution < -0.4 is 5.43 Å². The zero-order valence-corrected chi connectivity index (χ0v) is 12.2. The quantitative estimate of drug-likeness (QED) is 0.484. The fourth-order valence-electron chi connectivity index (χ4n) is 2.09. The summed E-state index contributed by atoms with van der Waals surface area (Å²) in [5.74, 6) is 0. The number of hydrazine groups is 1. The molecule has 0 saturated carbocycles. The van der Waals surface area contributed by atoms with Crippen LogP contribution in [0.5, 0.6) is 0 Å². The minimum Gasteiger partial charge on any atom is -0.379 e. The lowest BCUT2D eigenvalue weighted by Gasteiger charge is -2.32. The molecular formula is C13H29N3O2. The fraction of sp³-hybridized carbons (Fsp3) is 1.00. The topological polar surface area (TPSA) is 37.0 Å². The van der Waals surface area contributed by atoms with E-state index in [1.54, 1.807) is 0 Å². The van der Waals surface area contributed by atoms with Gasteiger partial charge in [-0.2, -0.15) is 0 Å². The van der Waals surface area contributed by atoms with Gasteiger partial charge in [0, 0.05) is 40.3 Å². The summed E-state index contributed by atoms with van der Waals surface area (Å²) in [5, 5.41) is 1.97. The third kappa shape index (κ3) is 7.28. The first-order valence-electron chi connectivity index (χ1n) is 7.05. The summed E-state index contributed by atoms with van der Waals surface area (Å²) in [6.07, 6.45) is 2.50. The third-order valence-electron chi connectivity index (χ3n) is 2.96. The number of nitrogens with one attached hydrogen (secondary N) is 1. The van der Waals surface area contributed by atoms with Gasteiger partial charge in [0.05, 0.1) is 19.3 Å². The lowest BCUT2D eigenvalue weighted by molar-refractivity contribution is -0.0692. The first-order chi connectivity index (χ1) is 8.72. The summed E-state index contributed by atoms with van der Waals surface area (Å²) in [7, 11) is 4.00. The van der Waals surface area contributed by atoms with Crippen LogP contribution in [0.1, 0.15) is 19.8 Å². The second kappa shape index (κ2) is 9.69. The van der Waals surface area contributed by atoms with Crippen LogP contribution in [-0.4, -0.2) is 76.1 Å². The van der Waals surface area contributed by atoms with Gasteiger partial charge in [-0.15, -0.1) is 0 Å². The lowest BCUT2D eigenvalue weighted by Crippen LogP contribution is -2.44. The van der Waals surface area contributed by atoms with Crippen LogP contribution in [0.15, 0.2) is 0 Å². The van der Waals surface area contributed by atoms with E-state index in [0.717, 1.165) is 45.9 Å². The Bertz CT molecular complexity index is 201. The summed E-state index contributed by atoms with van der Waals surface area (Å²) in [6.45, 7) is 8.81. The molecule has 1 atom stereocenters. The predicted molar refractivity (Wildman–Crippen MR) is 73.6 cm³/mol. The van der Waals surface area contributed by atoms with E-state index in [2.05, 4.69) is 17.2 Å². The second-order valence-corrected chi connectivity index (χ2v) is 5.02. The van der Waals surface area contributed by atoms with Crippen molar-refractivity contribution in [3.8, 4) is 0 Å². The predicted octanol–water partition coefficient (Wildman–Crippen LogP) is 0.570. The Hall–Kier alpha value is -0.200. The summed E-state index contributed by atoms with van der Waals surface area (Å²) < 4.78 is 11.4. The molecule has 1 rings (SSSR count). The monoisotopic (exact) mass is 259 g/mol. The Labute approximate surface area is 111 Å². The largest absolute Gasteiger partial charge is 0.379 e. The molecule has 1 heterocycles. The highest BCUT2D eigenvalue weighted by Gasteiger charge is 2.19. The van der Waals surface area contributed by atoms with Crippen LogP contribution in [-0.2, 0) is 9.47 Å². The summed E-state index contributed by atoms with van der Waals surface area (Å²) >= 11 is 0. The van der Waals surface area contributed by atoms with Gasteiger partial charge in [-0.05, 0) is 19.4 Å². The van der Waals surface area contributed by atoms with E-state index in [1.807, 2.05) is 19.1 Å². The SMILES string of the molecule is CCCN1CCO[C@@H](COCCCNN(C)C)C1. The Morgan fingerprint density at radius 2 is 2.28 bits per heavy atom. The van der Waals surface area contributed by atoms with Gasteiger partial charge in [-0.25, -0.2) is 0 Å². The van der Waals surface area contributed by atoms with Crippen molar-refractivity contribution >= 4 is 0 Å². The van der Waals surface area contributed by atoms with Crippen LogP contribution in [0.4, 0.5) is 0 Å². The maximum atomic E-state index is 5.71. The van der Waals surface area contributed by atoms with Gasteiger partial charge in [-0.3, -0.25) is 15.3 Å². The van der Waals surface area contributed by atoms with E-state index >= 15 is 0 Å². The zero-order valence-electron chi connectivity index (χ0n) is 12.2. The molecular weight excluding hydrogens is 230 g/mol. The molecule has 0 aromatic rings. The summed E-state index contributed by atoms with van der Waals surface area (Å²) in [6, 6.07) is 0. The highest BCUT2D eigenvalue weighted by molar-refractivity contribution is 4.70. The zero-order chi connectivity index (χ0) is 13.2. The smallest absolute Gasteiger partial charge is 0.0935 e. The molecule has 108 valence electrons. The molecule has 1 N–H and O–H groups in total. The van der Waals surface area contributed by atoms with Crippen molar-refractivity contribution in [3.05, 3.63) is 0 Å². The van der Waals surface area contributed by atoms with Crippen molar-refractivity contribution in [2.24, 2.45) is 0 Å². The number of ether oxygens (including phenoxy) is 2. The molecule has 0 aromatic carbocycles. The van der Waals surface area contributed by atoms with Gasteiger partial charge in [0.15, 0.2) is 0 Å². The van der Waals surface area contributed by atoms with Crippen molar-refractivity contribution in [1.29, 1.82) is 0 Å². The number of rotatable bonds is 9. The molecule has 1 aliphatic rings. The third-order valence-corrected chi connectivity index (χ3v) is 2.96. The minimum absolute atomic E-state index is 0.257. The lowest BCUT2D eigenvalue weighted by atomic mass is 10.2. The Morgan fingerprint density at radius 1 is 1.44 bits per heavy atom. The van der Waals surface area contributed by atoms with Crippen molar-refractivity contribution in [3.63, 3.8) is 0 Å². The normalized spacial score (nSPS) is 21.7. The maximum absolute atomic E-state index is 5.71. The maximum Gasteiger partial charge on any atom is 0.0935 e. The van der Waals surface area contributed by atoms with Crippen LogP contribution in [0.3, 0.4) is 0 Å². The second-order valence-electron chi connectivity index (χ2n) is 5.02. The van der Waals surface area contributed by atoms with Crippen LogP contribution >= 0.6 is 0 Å². The number of hydrogen-bond donors (Lipinski definition) is 1. The first-order valence-corrected chi connectivity index (χ1v) is 7.05. The van der Waals surface area contributed by atoms with E-state index < -0.39 is 0 Å². The van der Waals surface area contributed by atoms with Crippen molar-refractivity contribution in [2.75, 3.05) is 60.1 Å². The Kier molecular flexibility index (Phi) is 8.54. The van der Waals surface area contributed by atoms with E-state index in [4.69, 9.17) is 9.47 Å². The molecule has 0 aromatic heterocycles. The number of nitrogens with zero attached hydrogens (tertiary/aromatic N) is 2. The molecule has 5 heteroatoms. The van der Waals surface area contributed by atoms with E-state index in [9.17, 15) is 0 Å². The molecule has 1 saturated heterocycles. The van der Waals surface area contributed by atoms with Gasteiger partial charge in [0.25, 0.3) is 0 Å². The van der Waals surface area contributed by atoms with Crippen LogP contribution in [0.25, 0.3) is 0 Å². The van der Waals surface area contributed by atoms with Gasteiger partial charge in [-0.1, -0.05) is 6.92 Å². The molecule has 1 aliphatic heterocycles. The van der Waals surface area contributed by atoms with Crippen molar-refractivity contribution < 1.29 is 9.47 Å². The molecule has 0 aliphatic carbocycles. The molecule has 5 nitrogen and oxygen atoms in total. The van der Waals surface area contributed by atoms with Gasteiger partial charge in [0.2, 0.25) is 0 Å². The summed E-state index contributed by atoms with van der Waals surface area (Å²) in [5.41, 5.74) is 3.22. The first kappa shape index (κ1) is 15.9. The van der Waals surface area contributed by atoms with Crippen LogP contribution in [0, 0.1) is 0 Å². The van der Waals surface area contributed by atoms with Crippen LogP contribution in [0.2, 0.25) is 0 Å². The van der Waals surface area contributed by atoms with E-state index in [-0.39, 0.29) is 6.10 Å². The van der Waals surface area contributed by atoms with Gasteiger partial charge >= 0.3 is 0 Å². The average molecular weight is 259 g/mol. The van der Waals surface area contributed by atoms with Gasteiger partial charge in [0.1, 0.15) is 0 Å². The minimum atomic E-state index is 0.257. The fourth-order valence-corrected chi connectivity index (χ4v) is 2.09. The van der Waals surface area contributed by atoms with Crippen molar-refractivity contribution in [2.45, 2.75) is 25.9 Å².